The van der Waals surface area contributed by atoms with Crippen molar-refractivity contribution in [3.05, 3.63) is 52.0 Å². The number of methoxy groups -OCH3 is 1. The third-order valence-corrected chi connectivity index (χ3v) is 3.44. The summed E-state index contributed by atoms with van der Waals surface area (Å²) in [5.41, 5.74) is 8.40. The van der Waals surface area contributed by atoms with Crippen LogP contribution in [0.2, 0.25) is 0 Å². The number of amides is 1. The molecule has 0 saturated heterocycles. The second-order valence-corrected chi connectivity index (χ2v) is 5.28. The maximum Gasteiger partial charge on any atom is 0.257 e. The first-order chi connectivity index (χ1) is 9.51. The van der Waals surface area contributed by atoms with Crippen LogP contribution >= 0.6 is 15.9 Å². The van der Waals surface area contributed by atoms with Crippen molar-refractivity contribution >= 4 is 33.2 Å². The molecule has 0 atom stereocenters. The van der Waals surface area contributed by atoms with Gasteiger partial charge in [-0.25, -0.2) is 0 Å². The summed E-state index contributed by atoms with van der Waals surface area (Å²) in [5, 5.41) is 2.86. The van der Waals surface area contributed by atoms with Crippen LogP contribution in [0, 0.1) is 6.92 Å². The number of nitrogens with one attached hydrogen (secondary N) is 1. The van der Waals surface area contributed by atoms with Crippen molar-refractivity contribution in [2.45, 2.75) is 6.92 Å². The summed E-state index contributed by atoms with van der Waals surface area (Å²) < 4.78 is 5.97. The van der Waals surface area contributed by atoms with Crippen molar-refractivity contribution in [2.75, 3.05) is 18.2 Å². The molecule has 0 unspecified atom stereocenters. The summed E-state index contributed by atoms with van der Waals surface area (Å²) >= 11 is 3.38. The topological polar surface area (TPSA) is 64.3 Å². The second-order valence-electron chi connectivity index (χ2n) is 4.37. The maximum atomic E-state index is 12.3. The van der Waals surface area contributed by atoms with E-state index in [0.717, 1.165) is 15.7 Å². The number of ether oxygens (including phenoxy) is 1. The highest BCUT2D eigenvalue weighted by Gasteiger charge is 2.12. The monoisotopic (exact) mass is 334 g/mol. The fourth-order valence-electron chi connectivity index (χ4n) is 1.79. The van der Waals surface area contributed by atoms with E-state index in [9.17, 15) is 4.79 Å². The van der Waals surface area contributed by atoms with Crippen molar-refractivity contribution in [2.24, 2.45) is 0 Å². The average Bonchev–Trinajstić information content (AvgIpc) is 2.42. The van der Waals surface area contributed by atoms with Gasteiger partial charge in [0.2, 0.25) is 0 Å². The molecule has 104 valence electrons. The Kier molecular flexibility index (Phi) is 4.29. The Morgan fingerprint density at radius 1 is 1.25 bits per heavy atom. The lowest BCUT2D eigenvalue weighted by atomic mass is 10.1. The summed E-state index contributed by atoms with van der Waals surface area (Å²) in [6.45, 7) is 1.93. The molecule has 0 aliphatic heterocycles. The van der Waals surface area contributed by atoms with Gasteiger partial charge in [-0.2, -0.15) is 0 Å². The van der Waals surface area contributed by atoms with Gasteiger partial charge in [0.05, 0.1) is 12.7 Å². The maximum absolute atomic E-state index is 12.3. The Hall–Kier alpha value is -2.01. The molecule has 0 radical (unpaired) electrons. The largest absolute Gasteiger partial charge is 0.497 e. The molecule has 0 saturated carbocycles. The number of nitrogen functional groups attached to an aromatic ring is 1. The highest BCUT2D eigenvalue weighted by molar-refractivity contribution is 9.10. The minimum atomic E-state index is -0.244. The predicted molar refractivity (Wildman–Crippen MR) is 84.2 cm³/mol. The third kappa shape index (κ3) is 3.11. The lowest BCUT2D eigenvalue weighted by Crippen LogP contribution is -2.14. The van der Waals surface area contributed by atoms with Gasteiger partial charge in [0.25, 0.3) is 5.91 Å². The molecule has 2 aromatic carbocycles. The van der Waals surface area contributed by atoms with Crippen molar-refractivity contribution in [1.29, 1.82) is 0 Å². The average molecular weight is 335 g/mol. The first kappa shape index (κ1) is 14.4. The van der Waals surface area contributed by atoms with Gasteiger partial charge >= 0.3 is 0 Å². The molecule has 5 heteroatoms. The number of aryl methyl sites for hydroxylation is 1. The highest BCUT2D eigenvalue weighted by Crippen LogP contribution is 2.24. The van der Waals surface area contributed by atoms with Crippen LogP contribution in [0.15, 0.2) is 40.9 Å². The standard InChI is InChI=1S/C15H15BrN2O2/c1-9-3-4-10(16)7-14(9)18-15(19)12-6-5-11(20-2)8-13(12)17/h3-8H,17H2,1-2H3,(H,18,19). The van der Waals surface area contributed by atoms with Crippen LogP contribution in [0.1, 0.15) is 15.9 Å². The number of rotatable bonds is 3. The van der Waals surface area contributed by atoms with Crippen LogP contribution < -0.4 is 15.8 Å². The summed E-state index contributed by atoms with van der Waals surface area (Å²) in [5.74, 6) is 0.379. The molecule has 0 fully saturated rings. The number of anilines is 2. The van der Waals surface area contributed by atoms with Crippen LogP contribution in [0.3, 0.4) is 0 Å². The normalized spacial score (nSPS) is 10.2. The summed E-state index contributed by atoms with van der Waals surface area (Å²) in [6, 6.07) is 10.7. The summed E-state index contributed by atoms with van der Waals surface area (Å²) in [4.78, 5) is 12.3. The molecule has 4 nitrogen and oxygen atoms in total. The number of hydrogen-bond donors (Lipinski definition) is 2. The molecule has 0 aromatic heterocycles. The Morgan fingerprint density at radius 3 is 2.65 bits per heavy atom. The van der Waals surface area contributed by atoms with E-state index in [2.05, 4.69) is 21.2 Å². The minimum Gasteiger partial charge on any atom is -0.497 e. The van der Waals surface area contributed by atoms with Crippen LogP contribution in [0.25, 0.3) is 0 Å². The Bertz CT molecular complexity index is 656. The fourth-order valence-corrected chi connectivity index (χ4v) is 2.15. The van der Waals surface area contributed by atoms with Gasteiger partial charge in [0, 0.05) is 21.9 Å². The molecule has 0 aliphatic rings. The van der Waals surface area contributed by atoms with Crippen LogP contribution in [0.4, 0.5) is 11.4 Å². The SMILES string of the molecule is COc1ccc(C(=O)Nc2cc(Br)ccc2C)c(N)c1. The van der Waals surface area contributed by atoms with Crippen LogP contribution in [-0.2, 0) is 0 Å². The van der Waals surface area contributed by atoms with E-state index >= 15 is 0 Å². The molecule has 20 heavy (non-hydrogen) atoms. The zero-order valence-electron chi connectivity index (χ0n) is 11.2. The minimum absolute atomic E-state index is 0.244. The van der Waals surface area contributed by atoms with E-state index < -0.39 is 0 Å². The van der Waals surface area contributed by atoms with E-state index in [0.29, 0.717) is 17.0 Å². The first-order valence-corrected chi connectivity index (χ1v) is 6.81. The lowest BCUT2D eigenvalue weighted by Gasteiger charge is -2.11. The number of hydrogen-bond acceptors (Lipinski definition) is 3. The van der Waals surface area contributed by atoms with Crippen molar-refractivity contribution < 1.29 is 9.53 Å². The van der Waals surface area contributed by atoms with Gasteiger partial charge in [0.15, 0.2) is 0 Å². The number of halogens is 1. The van der Waals surface area contributed by atoms with Gasteiger partial charge in [-0.3, -0.25) is 4.79 Å². The third-order valence-electron chi connectivity index (χ3n) is 2.95. The molecule has 0 bridgehead atoms. The number of benzene rings is 2. The van der Waals surface area contributed by atoms with E-state index in [1.165, 1.54) is 0 Å². The van der Waals surface area contributed by atoms with Crippen LogP contribution in [-0.4, -0.2) is 13.0 Å². The molecule has 0 heterocycles. The van der Waals surface area contributed by atoms with Gasteiger partial charge in [0.1, 0.15) is 5.75 Å². The second kappa shape index (κ2) is 5.96. The van der Waals surface area contributed by atoms with Gasteiger partial charge in [-0.15, -0.1) is 0 Å². The number of carbonyl (C=O) groups is 1. The molecular formula is C15H15BrN2O2. The summed E-state index contributed by atoms with van der Waals surface area (Å²) in [6.07, 6.45) is 0. The molecule has 3 N–H and O–H groups in total. The lowest BCUT2D eigenvalue weighted by molar-refractivity contribution is 0.102. The Labute approximate surface area is 126 Å². The van der Waals surface area contributed by atoms with E-state index in [4.69, 9.17) is 10.5 Å². The van der Waals surface area contributed by atoms with Crippen molar-refractivity contribution in [3.8, 4) is 5.75 Å². The fraction of sp³-hybridized carbons (Fsp3) is 0.133. The first-order valence-electron chi connectivity index (χ1n) is 6.02. The van der Waals surface area contributed by atoms with Gasteiger partial charge in [-0.05, 0) is 36.8 Å². The smallest absolute Gasteiger partial charge is 0.257 e. The van der Waals surface area contributed by atoms with Gasteiger partial charge < -0.3 is 15.8 Å². The molecule has 2 aromatic rings. The number of nitrogens with two attached hydrogens (primary N) is 1. The molecular weight excluding hydrogens is 320 g/mol. The number of carbonyl (C=O) groups excluding carboxylic acids is 1. The highest BCUT2D eigenvalue weighted by atomic mass is 79.9. The van der Waals surface area contributed by atoms with Gasteiger partial charge in [-0.1, -0.05) is 22.0 Å². The van der Waals surface area contributed by atoms with Crippen molar-refractivity contribution in [3.63, 3.8) is 0 Å². The quantitative estimate of drug-likeness (QED) is 0.843. The van der Waals surface area contributed by atoms with E-state index in [1.54, 1.807) is 25.3 Å². The summed E-state index contributed by atoms with van der Waals surface area (Å²) in [7, 11) is 1.55. The zero-order valence-corrected chi connectivity index (χ0v) is 12.8. The molecule has 0 aliphatic carbocycles. The molecule has 0 spiro atoms. The predicted octanol–water partition coefficient (Wildman–Crippen LogP) is 3.60. The van der Waals surface area contributed by atoms with E-state index in [-0.39, 0.29) is 5.91 Å². The molecule has 2 rings (SSSR count). The zero-order chi connectivity index (χ0) is 14.7. The van der Waals surface area contributed by atoms with Crippen LogP contribution in [0.5, 0.6) is 5.75 Å². The van der Waals surface area contributed by atoms with E-state index in [1.807, 2.05) is 25.1 Å². The Balaban J connectivity index is 2.26. The van der Waals surface area contributed by atoms with Crippen molar-refractivity contribution in [1.82, 2.24) is 0 Å². The molecule has 1 amide bonds. The Morgan fingerprint density at radius 2 is 2.00 bits per heavy atom.